The highest BCUT2D eigenvalue weighted by atomic mass is 32.2. The van der Waals surface area contributed by atoms with E-state index in [0.29, 0.717) is 16.3 Å². The van der Waals surface area contributed by atoms with Crippen molar-refractivity contribution in [2.24, 2.45) is 7.05 Å². The summed E-state index contributed by atoms with van der Waals surface area (Å²) in [4.78, 5) is 40.3. The van der Waals surface area contributed by atoms with E-state index in [1.807, 2.05) is 61.5 Å². The van der Waals surface area contributed by atoms with Gasteiger partial charge in [-0.2, -0.15) is 0 Å². The van der Waals surface area contributed by atoms with E-state index in [2.05, 4.69) is 0 Å². The first-order valence-electron chi connectivity index (χ1n) is 9.74. The van der Waals surface area contributed by atoms with Crippen LogP contribution < -0.4 is 10.5 Å². The quantitative estimate of drug-likeness (QED) is 0.563. The highest BCUT2D eigenvalue weighted by Crippen LogP contribution is 2.35. The van der Waals surface area contributed by atoms with Crippen LogP contribution >= 0.6 is 11.8 Å². The van der Waals surface area contributed by atoms with Gasteiger partial charge in [0.15, 0.2) is 0 Å². The number of aromatic nitrogens is 2. The van der Waals surface area contributed by atoms with E-state index in [9.17, 15) is 14.4 Å². The van der Waals surface area contributed by atoms with Gasteiger partial charge in [-0.3, -0.25) is 19.1 Å². The Balaban J connectivity index is 1.72. The lowest BCUT2D eigenvalue weighted by Crippen LogP contribution is -2.33. The molecule has 3 aromatic rings. The Kier molecular flexibility index (Phi) is 5.52. The lowest BCUT2D eigenvalue weighted by molar-refractivity contribution is -0.113. The van der Waals surface area contributed by atoms with Gasteiger partial charge in [0, 0.05) is 7.05 Å². The van der Waals surface area contributed by atoms with Crippen LogP contribution in [0.15, 0.2) is 82.0 Å². The van der Waals surface area contributed by atoms with Crippen molar-refractivity contribution in [1.29, 1.82) is 0 Å². The normalized spacial score (nSPS) is 15.9. The Morgan fingerprint density at radius 3 is 2.19 bits per heavy atom. The molecule has 2 aromatic carbocycles. The summed E-state index contributed by atoms with van der Waals surface area (Å²) in [6.45, 7) is 3.60. The fourth-order valence-corrected chi connectivity index (χ4v) is 4.41. The maximum absolute atomic E-state index is 13.2. The van der Waals surface area contributed by atoms with Gasteiger partial charge in [-0.05, 0) is 55.0 Å². The molecule has 0 unspecified atom stereocenters. The number of benzene rings is 2. The average Bonchev–Trinajstić information content (AvgIpc) is 3.14. The second-order valence-electron chi connectivity index (χ2n) is 7.23. The van der Waals surface area contributed by atoms with Crippen molar-refractivity contribution in [1.82, 2.24) is 9.36 Å². The molecule has 0 atom stereocenters. The lowest BCUT2D eigenvalue weighted by atomic mass is 10.1. The Labute approximate surface area is 184 Å². The summed E-state index contributed by atoms with van der Waals surface area (Å²) in [5.41, 5.74) is 2.71. The van der Waals surface area contributed by atoms with Crippen LogP contribution in [-0.2, 0) is 11.8 Å². The van der Waals surface area contributed by atoms with Crippen molar-refractivity contribution in [3.63, 3.8) is 0 Å². The third kappa shape index (κ3) is 3.80. The molecule has 6 nitrogen and oxygen atoms in total. The van der Waals surface area contributed by atoms with Gasteiger partial charge in [0.2, 0.25) is 0 Å². The topological polar surface area (TPSA) is 64.3 Å². The van der Waals surface area contributed by atoms with Crippen molar-refractivity contribution in [2.75, 3.05) is 4.90 Å². The molecule has 0 saturated carbocycles. The minimum absolute atomic E-state index is 0.0851. The van der Waals surface area contributed by atoms with Crippen molar-refractivity contribution in [3.05, 3.63) is 98.8 Å². The summed E-state index contributed by atoms with van der Waals surface area (Å²) >= 11 is 0.844. The fourth-order valence-electron chi connectivity index (χ4n) is 3.53. The van der Waals surface area contributed by atoms with Crippen LogP contribution in [0.5, 0.6) is 0 Å². The number of carbonyl (C=O) groups is 2. The average molecular weight is 432 g/mol. The van der Waals surface area contributed by atoms with Crippen LogP contribution in [-0.4, -0.2) is 20.5 Å². The number of amides is 2. The first-order chi connectivity index (χ1) is 14.9. The number of thioether (sulfide) groups is 1. The summed E-state index contributed by atoms with van der Waals surface area (Å²) < 4.78 is 3.11. The Morgan fingerprint density at radius 2 is 1.55 bits per heavy atom. The molecule has 7 heteroatoms. The predicted octanol–water partition coefficient (Wildman–Crippen LogP) is 4.67. The zero-order valence-corrected chi connectivity index (χ0v) is 18.2. The molecule has 0 N–H and O–H groups in total. The molecule has 0 radical (unpaired) electrons. The second kappa shape index (κ2) is 8.28. The summed E-state index contributed by atoms with van der Waals surface area (Å²) in [6, 6.07) is 18.8. The van der Waals surface area contributed by atoms with E-state index in [0.717, 1.165) is 27.8 Å². The third-order valence-electron chi connectivity index (χ3n) is 5.09. The van der Waals surface area contributed by atoms with Gasteiger partial charge in [-0.25, -0.2) is 9.58 Å². The number of hydrogen-bond donors (Lipinski definition) is 0. The standard InChI is InChI=1S/C24H21N3O3S/c1-16(14-18-10-6-4-7-11-18)15-20-22(28)26(24(30)31-20)21-17(2)25(3)27(23(21)29)19-12-8-5-9-13-19/h4-15H,1-3H3. The third-order valence-corrected chi connectivity index (χ3v) is 5.96. The maximum atomic E-state index is 13.2. The molecule has 2 heterocycles. The zero-order chi connectivity index (χ0) is 22.1. The molecule has 1 aliphatic rings. The van der Waals surface area contributed by atoms with Crippen LogP contribution in [0.1, 0.15) is 18.2 Å². The van der Waals surface area contributed by atoms with E-state index in [4.69, 9.17) is 0 Å². The monoisotopic (exact) mass is 431 g/mol. The first-order valence-corrected chi connectivity index (χ1v) is 10.6. The number of para-hydroxylation sites is 1. The van der Waals surface area contributed by atoms with Crippen LogP contribution in [0.4, 0.5) is 10.5 Å². The summed E-state index contributed by atoms with van der Waals surface area (Å²) in [5, 5.41) is -0.477. The van der Waals surface area contributed by atoms with E-state index in [1.165, 1.54) is 4.68 Å². The molecule has 2 amide bonds. The fraction of sp³-hybridized carbons (Fsp3) is 0.125. The van der Waals surface area contributed by atoms with Crippen LogP contribution in [0, 0.1) is 6.92 Å². The smallest absolute Gasteiger partial charge is 0.283 e. The van der Waals surface area contributed by atoms with Crippen LogP contribution in [0.3, 0.4) is 0 Å². The highest BCUT2D eigenvalue weighted by molar-refractivity contribution is 8.18. The minimum atomic E-state index is -0.484. The van der Waals surface area contributed by atoms with E-state index in [1.54, 1.807) is 36.9 Å². The van der Waals surface area contributed by atoms with Gasteiger partial charge in [0.05, 0.1) is 16.3 Å². The van der Waals surface area contributed by atoms with Gasteiger partial charge >= 0.3 is 0 Å². The number of allylic oxidation sites excluding steroid dienone is 2. The van der Waals surface area contributed by atoms with Gasteiger partial charge < -0.3 is 0 Å². The predicted molar refractivity (Wildman–Crippen MR) is 124 cm³/mol. The summed E-state index contributed by atoms with van der Waals surface area (Å²) in [7, 11) is 1.73. The minimum Gasteiger partial charge on any atom is -0.283 e. The largest absolute Gasteiger partial charge is 0.298 e. The number of imide groups is 1. The number of anilines is 1. The van der Waals surface area contributed by atoms with Crippen LogP contribution in [0.2, 0.25) is 0 Å². The van der Waals surface area contributed by atoms with E-state index < -0.39 is 16.7 Å². The molecule has 4 rings (SSSR count). The molecule has 1 fully saturated rings. The molecular weight excluding hydrogens is 410 g/mol. The molecular formula is C24H21N3O3S. The van der Waals surface area contributed by atoms with Crippen molar-refractivity contribution >= 4 is 34.7 Å². The molecule has 1 aliphatic heterocycles. The summed E-state index contributed by atoms with van der Waals surface area (Å²) in [5.74, 6) is -0.484. The van der Waals surface area contributed by atoms with Crippen LogP contribution in [0.25, 0.3) is 11.8 Å². The van der Waals surface area contributed by atoms with Gasteiger partial charge in [0.1, 0.15) is 5.69 Å². The SMILES string of the molecule is CC(=Cc1ccccc1)C=C1SC(=O)N(c2c(C)n(C)n(-c3ccccc3)c2=O)C1=O. The molecule has 0 aliphatic carbocycles. The molecule has 1 aromatic heterocycles. The lowest BCUT2D eigenvalue weighted by Gasteiger charge is -2.10. The number of carbonyl (C=O) groups excluding carboxylic acids is 2. The molecule has 0 bridgehead atoms. The van der Waals surface area contributed by atoms with Gasteiger partial charge in [-0.1, -0.05) is 54.6 Å². The van der Waals surface area contributed by atoms with Gasteiger partial charge in [-0.15, -0.1) is 0 Å². The Bertz CT molecular complexity index is 1280. The number of hydrogen-bond acceptors (Lipinski definition) is 4. The Hall–Kier alpha value is -3.58. The Morgan fingerprint density at radius 1 is 0.935 bits per heavy atom. The van der Waals surface area contributed by atoms with Gasteiger partial charge in [0.25, 0.3) is 16.7 Å². The molecule has 1 saturated heterocycles. The zero-order valence-electron chi connectivity index (χ0n) is 17.4. The molecule has 0 spiro atoms. The van der Waals surface area contributed by atoms with Crippen molar-refractivity contribution in [2.45, 2.75) is 13.8 Å². The van der Waals surface area contributed by atoms with E-state index in [-0.39, 0.29) is 5.69 Å². The molecule has 31 heavy (non-hydrogen) atoms. The second-order valence-corrected chi connectivity index (χ2v) is 8.22. The summed E-state index contributed by atoms with van der Waals surface area (Å²) in [6.07, 6.45) is 3.62. The van der Waals surface area contributed by atoms with Crippen molar-refractivity contribution < 1.29 is 9.59 Å². The maximum Gasteiger partial charge on any atom is 0.298 e. The number of rotatable bonds is 4. The first kappa shape index (κ1) is 20.7. The van der Waals surface area contributed by atoms with E-state index >= 15 is 0 Å². The molecule has 156 valence electrons. The van der Waals surface area contributed by atoms with Crippen molar-refractivity contribution in [3.8, 4) is 5.69 Å². The highest BCUT2D eigenvalue weighted by Gasteiger charge is 2.40. The number of nitrogens with zero attached hydrogens (tertiary/aromatic N) is 3.